The normalized spacial score (nSPS) is 15.3. The lowest BCUT2D eigenvalue weighted by Gasteiger charge is -2.37. The summed E-state index contributed by atoms with van der Waals surface area (Å²) in [6.07, 6.45) is 2.28. The van der Waals surface area contributed by atoms with Crippen molar-refractivity contribution in [3.63, 3.8) is 0 Å². The fourth-order valence-corrected chi connectivity index (χ4v) is 5.07. The molecule has 0 radical (unpaired) electrons. The van der Waals surface area contributed by atoms with Gasteiger partial charge in [0, 0.05) is 18.0 Å². The van der Waals surface area contributed by atoms with Crippen LogP contribution in [-0.4, -0.2) is 47.9 Å². The number of ether oxygens (including phenoxy) is 1. The molecule has 168 valence electrons. The van der Waals surface area contributed by atoms with Crippen LogP contribution in [0.2, 0.25) is 0 Å². The van der Waals surface area contributed by atoms with Crippen LogP contribution in [0, 0.1) is 13.8 Å². The Bertz CT molecular complexity index is 1090. The molecule has 1 unspecified atom stereocenters. The van der Waals surface area contributed by atoms with Crippen LogP contribution < -0.4 is 4.74 Å². The minimum atomic E-state index is -0.276. The number of carbonyl (C=O) groups is 2. The number of thiophene rings is 1. The van der Waals surface area contributed by atoms with E-state index < -0.39 is 0 Å². The maximum Gasteiger partial charge on any atom is 0.290 e. The van der Waals surface area contributed by atoms with Crippen LogP contribution in [0.25, 0.3) is 0 Å². The van der Waals surface area contributed by atoms with Gasteiger partial charge in [-0.3, -0.25) is 9.59 Å². The van der Waals surface area contributed by atoms with Crippen LogP contribution in [0.5, 0.6) is 5.75 Å². The number of fused-ring (bicyclic) bond motifs is 1. The number of nitrogens with zero attached hydrogens (tertiary/aromatic N) is 2. The van der Waals surface area contributed by atoms with Crippen LogP contribution in [0.3, 0.4) is 0 Å². The number of aryl methyl sites for hydroxylation is 2. The van der Waals surface area contributed by atoms with E-state index in [1.807, 2.05) is 30.9 Å². The summed E-state index contributed by atoms with van der Waals surface area (Å²) in [7, 11) is 0. The van der Waals surface area contributed by atoms with E-state index in [9.17, 15) is 9.59 Å². The highest BCUT2D eigenvalue weighted by atomic mass is 32.1. The van der Waals surface area contributed by atoms with Gasteiger partial charge in [0.15, 0.2) is 5.76 Å². The Labute approximate surface area is 192 Å². The maximum atomic E-state index is 13.4. The molecule has 2 aromatic heterocycles. The average Bonchev–Trinajstić information content (AvgIpc) is 3.48. The van der Waals surface area contributed by atoms with Gasteiger partial charge in [-0.05, 0) is 68.0 Å². The summed E-state index contributed by atoms with van der Waals surface area (Å²) in [5.74, 6) is 0.710. The minimum absolute atomic E-state index is 0.00949. The predicted octanol–water partition coefficient (Wildman–Crippen LogP) is 4.63. The van der Waals surface area contributed by atoms with Gasteiger partial charge >= 0.3 is 0 Å². The SMILES string of the molecule is CCN(CC(=O)N1CCc2sccc2C1COc1ccc(C)cc1C)C(=O)c1ccco1. The van der Waals surface area contributed by atoms with Crippen LogP contribution in [0.4, 0.5) is 0 Å². The van der Waals surface area contributed by atoms with Gasteiger partial charge in [0.1, 0.15) is 18.9 Å². The van der Waals surface area contributed by atoms with Crippen molar-refractivity contribution in [1.82, 2.24) is 9.80 Å². The third-order valence-corrected chi connectivity index (χ3v) is 6.87. The molecule has 0 aliphatic carbocycles. The summed E-state index contributed by atoms with van der Waals surface area (Å²) in [6, 6.07) is 11.3. The van der Waals surface area contributed by atoms with Gasteiger partial charge in [0.05, 0.1) is 12.3 Å². The van der Waals surface area contributed by atoms with Crippen LogP contribution >= 0.6 is 11.3 Å². The zero-order valence-electron chi connectivity index (χ0n) is 18.7. The van der Waals surface area contributed by atoms with E-state index in [0.717, 1.165) is 23.3 Å². The molecule has 1 atom stereocenters. The maximum absolute atomic E-state index is 13.4. The summed E-state index contributed by atoms with van der Waals surface area (Å²) in [5, 5.41) is 2.07. The highest BCUT2D eigenvalue weighted by molar-refractivity contribution is 7.10. The molecule has 1 aliphatic rings. The zero-order chi connectivity index (χ0) is 22.7. The van der Waals surface area contributed by atoms with Crippen molar-refractivity contribution in [3.8, 4) is 5.75 Å². The number of amides is 2. The Hall–Kier alpha value is -3.06. The molecule has 7 heteroatoms. The largest absolute Gasteiger partial charge is 0.491 e. The molecular formula is C25H28N2O4S. The molecule has 3 aromatic rings. The first-order valence-electron chi connectivity index (χ1n) is 10.9. The Morgan fingerprint density at radius 2 is 2.09 bits per heavy atom. The summed E-state index contributed by atoms with van der Waals surface area (Å²) in [4.78, 5) is 30.7. The molecule has 6 nitrogen and oxygen atoms in total. The fraction of sp³-hybridized carbons (Fsp3) is 0.360. The topological polar surface area (TPSA) is 63.0 Å². The lowest BCUT2D eigenvalue weighted by Crippen LogP contribution is -2.47. The van der Waals surface area contributed by atoms with Crippen LogP contribution in [-0.2, 0) is 11.2 Å². The van der Waals surface area contributed by atoms with Crippen molar-refractivity contribution >= 4 is 23.2 Å². The monoisotopic (exact) mass is 452 g/mol. The number of likely N-dealkylation sites (N-methyl/N-ethyl adjacent to an activating group) is 1. The molecule has 0 spiro atoms. The molecule has 0 saturated heterocycles. The third kappa shape index (κ3) is 4.58. The Kier molecular flexibility index (Phi) is 6.65. The van der Waals surface area contributed by atoms with Crippen molar-refractivity contribution in [2.45, 2.75) is 33.2 Å². The number of rotatable bonds is 7. The van der Waals surface area contributed by atoms with Crippen molar-refractivity contribution in [3.05, 3.63) is 75.4 Å². The summed E-state index contributed by atoms with van der Waals surface area (Å²) in [6.45, 7) is 7.36. The van der Waals surface area contributed by atoms with Gasteiger partial charge in [-0.15, -0.1) is 11.3 Å². The molecule has 32 heavy (non-hydrogen) atoms. The Morgan fingerprint density at radius 1 is 1.25 bits per heavy atom. The second-order valence-electron chi connectivity index (χ2n) is 8.03. The van der Waals surface area contributed by atoms with Gasteiger partial charge < -0.3 is 19.0 Å². The summed E-state index contributed by atoms with van der Waals surface area (Å²) < 4.78 is 11.4. The number of carbonyl (C=O) groups excluding carboxylic acids is 2. The Balaban J connectivity index is 1.51. The number of furan rings is 1. The van der Waals surface area contributed by atoms with Crippen molar-refractivity contribution in [2.75, 3.05) is 26.2 Å². The minimum Gasteiger partial charge on any atom is -0.491 e. The predicted molar refractivity (Wildman–Crippen MR) is 124 cm³/mol. The molecule has 0 N–H and O–H groups in total. The van der Waals surface area contributed by atoms with Crippen molar-refractivity contribution in [2.24, 2.45) is 0 Å². The lowest BCUT2D eigenvalue weighted by molar-refractivity contribution is -0.135. The molecule has 4 rings (SSSR count). The smallest absolute Gasteiger partial charge is 0.290 e. The van der Waals surface area contributed by atoms with E-state index in [-0.39, 0.29) is 30.2 Å². The third-order valence-electron chi connectivity index (χ3n) is 5.87. The first kappa shape index (κ1) is 22.1. The van der Waals surface area contributed by atoms with Gasteiger partial charge in [0.2, 0.25) is 5.91 Å². The molecular weight excluding hydrogens is 424 g/mol. The molecule has 0 bridgehead atoms. The Morgan fingerprint density at radius 3 is 2.81 bits per heavy atom. The molecule has 1 aromatic carbocycles. The number of hydrogen-bond acceptors (Lipinski definition) is 5. The van der Waals surface area contributed by atoms with E-state index in [0.29, 0.717) is 19.7 Å². The van der Waals surface area contributed by atoms with Crippen molar-refractivity contribution in [1.29, 1.82) is 0 Å². The average molecular weight is 453 g/mol. The standard InChI is InChI=1S/C25H28N2O4S/c1-4-26(25(29)22-6-5-12-30-22)15-24(28)27-11-9-23-19(10-13-32-23)20(27)16-31-21-8-7-17(2)14-18(21)3/h5-8,10,12-14,20H,4,9,11,15-16H2,1-3H3. The molecule has 1 aliphatic heterocycles. The van der Waals surface area contributed by atoms with Crippen LogP contribution in [0.15, 0.2) is 52.5 Å². The van der Waals surface area contributed by atoms with E-state index in [4.69, 9.17) is 9.15 Å². The van der Waals surface area contributed by atoms with Gasteiger partial charge in [-0.25, -0.2) is 0 Å². The lowest BCUT2D eigenvalue weighted by atomic mass is 10.00. The van der Waals surface area contributed by atoms with E-state index >= 15 is 0 Å². The zero-order valence-corrected chi connectivity index (χ0v) is 19.5. The number of benzene rings is 1. The number of hydrogen-bond donors (Lipinski definition) is 0. The molecule has 0 saturated carbocycles. The molecule has 3 heterocycles. The highest BCUT2D eigenvalue weighted by Gasteiger charge is 2.33. The van der Waals surface area contributed by atoms with Gasteiger partial charge in [-0.1, -0.05) is 17.7 Å². The highest BCUT2D eigenvalue weighted by Crippen LogP contribution is 2.34. The van der Waals surface area contributed by atoms with E-state index in [2.05, 4.69) is 24.4 Å². The fourth-order valence-electron chi connectivity index (χ4n) is 4.14. The van der Waals surface area contributed by atoms with E-state index in [1.54, 1.807) is 23.5 Å². The van der Waals surface area contributed by atoms with Gasteiger partial charge in [0.25, 0.3) is 5.91 Å². The molecule has 2 amide bonds. The first-order chi connectivity index (χ1) is 15.5. The van der Waals surface area contributed by atoms with Gasteiger partial charge in [-0.2, -0.15) is 0 Å². The first-order valence-corrected chi connectivity index (χ1v) is 11.7. The summed E-state index contributed by atoms with van der Waals surface area (Å²) >= 11 is 1.72. The second-order valence-corrected chi connectivity index (χ2v) is 9.03. The van der Waals surface area contributed by atoms with Crippen molar-refractivity contribution < 1.29 is 18.7 Å². The molecule has 0 fully saturated rings. The summed E-state index contributed by atoms with van der Waals surface area (Å²) in [5.41, 5.74) is 3.40. The van der Waals surface area contributed by atoms with E-state index in [1.165, 1.54) is 21.6 Å². The second kappa shape index (κ2) is 9.61. The quantitative estimate of drug-likeness (QED) is 0.525. The van der Waals surface area contributed by atoms with Crippen LogP contribution in [0.1, 0.15) is 45.1 Å².